The van der Waals surface area contributed by atoms with Gasteiger partial charge in [-0.1, -0.05) is 6.92 Å². The van der Waals surface area contributed by atoms with Gasteiger partial charge in [-0.2, -0.15) is 0 Å². The first-order chi connectivity index (χ1) is 8.62. The molecule has 0 aliphatic carbocycles. The van der Waals surface area contributed by atoms with Gasteiger partial charge in [-0.05, 0) is 59.0 Å². The van der Waals surface area contributed by atoms with Gasteiger partial charge in [0.25, 0.3) is 0 Å². The number of hydrogen-bond acceptors (Lipinski definition) is 3. The summed E-state index contributed by atoms with van der Waals surface area (Å²) in [5, 5.41) is 3.47. The number of likely N-dealkylation sites (tertiary alicyclic amines) is 1. The number of hydrogen-bond donors (Lipinski definition) is 1. The van der Waals surface area contributed by atoms with Crippen molar-refractivity contribution >= 4 is 0 Å². The van der Waals surface area contributed by atoms with E-state index in [2.05, 4.69) is 31.0 Å². The fraction of sp³-hybridized carbons (Fsp3) is 1.00. The first-order valence-corrected chi connectivity index (χ1v) is 7.73. The third-order valence-electron chi connectivity index (χ3n) is 4.49. The highest BCUT2D eigenvalue weighted by Gasteiger charge is 2.35. The molecule has 2 saturated heterocycles. The van der Waals surface area contributed by atoms with Crippen LogP contribution in [-0.2, 0) is 4.74 Å². The van der Waals surface area contributed by atoms with E-state index in [1.807, 2.05) is 0 Å². The van der Waals surface area contributed by atoms with E-state index in [1.165, 1.54) is 38.6 Å². The zero-order valence-corrected chi connectivity index (χ0v) is 12.4. The Balaban J connectivity index is 1.69. The number of nitrogens with zero attached hydrogens (tertiary/aromatic N) is 1. The molecule has 0 bridgehead atoms. The number of ether oxygens (including phenoxy) is 1. The van der Waals surface area contributed by atoms with E-state index in [0.717, 1.165) is 19.6 Å². The third kappa shape index (κ3) is 3.69. The molecule has 0 saturated carbocycles. The van der Waals surface area contributed by atoms with Gasteiger partial charge in [0.1, 0.15) is 0 Å². The first kappa shape index (κ1) is 14.3. The lowest BCUT2D eigenvalue weighted by atomic mass is 10.0. The minimum Gasteiger partial charge on any atom is -0.372 e. The molecule has 3 nitrogen and oxygen atoms in total. The minimum atomic E-state index is 0.391. The minimum absolute atomic E-state index is 0.391. The van der Waals surface area contributed by atoms with Crippen molar-refractivity contribution in [1.29, 1.82) is 0 Å². The van der Waals surface area contributed by atoms with Crippen molar-refractivity contribution in [3.8, 4) is 0 Å². The summed E-state index contributed by atoms with van der Waals surface area (Å²) in [6.07, 6.45) is 7.28. The molecule has 0 aromatic carbocycles. The van der Waals surface area contributed by atoms with Crippen molar-refractivity contribution in [3.63, 3.8) is 0 Å². The maximum Gasteiger partial charge on any atom is 0.0707 e. The van der Waals surface area contributed by atoms with E-state index in [0.29, 0.717) is 17.7 Å². The first-order valence-electron chi connectivity index (χ1n) is 7.73. The lowest BCUT2D eigenvalue weighted by Gasteiger charge is -2.33. The van der Waals surface area contributed by atoms with Gasteiger partial charge in [0.2, 0.25) is 0 Å². The van der Waals surface area contributed by atoms with Crippen LogP contribution in [0.2, 0.25) is 0 Å². The highest BCUT2D eigenvalue weighted by Crippen LogP contribution is 2.30. The average Bonchev–Trinajstić information content (AvgIpc) is 2.88. The maximum absolute atomic E-state index is 6.16. The van der Waals surface area contributed by atoms with E-state index in [4.69, 9.17) is 4.74 Å². The summed E-state index contributed by atoms with van der Waals surface area (Å²) in [6, 6.07) is 0. The third-order valence-corrected chi connectivity index (χ3v) is 4.49. The quantitative estimate of drug-likeness (QED) is 0.737. The van der Waals surface area contributed by atoms with Crippen molar-refractivity contribution in [2.45, 2.75) is 70.6 Å². The Hall–Kier alpha value is -0.120. The lowest BCUT2D eigenvalue weighted by molar-refractivity contribution is 0.0111. The molecule has 0 radical (unpaired) electrons. The molecule has 2 heterocycles. The van der Waals surface area contributed by atoms with Gasteiger partial charge >= 0.3 is 0 Å². The molecule has 3 heteroatoms. The van der Waals surface area contributed by atoms with Gasteiger partial charge in [0.15, 0.2) is 0 Å². The second-order valence-electron chi connectivity index (χ2n) is 6.52. The van der Waals surface area contributed by atoms with Crippen molar-refractivity contribution in [1.82, 2.24) is 10.2 Å². The summed E-state index contributed by atoms with van der Waals surface area (Å²) < 4.78 is 6.16. The number of rotatable bonds is 6. The zero-order chi connectivity index (χ0) is 13.0. The predicted molar refractivity (Wildman–Crippen MR) is 75.9 cm³/mol. The van der Waals surface area contributed by atoms with E-state index < -0.39 is 0 Å². The van der Waals surface area contributed by atoms with Crippen LogP contribution >= 0.6 is 0 Å². The Morgan fingerprint density at radius 2 is 2.06 bits per heavy atom. The Bertz CT molecular complexity index is 255. The summed E-state index contributed by atoms with van der Waals surface area (Å²) in [5.41, 5.74) is 0.391. The molecule has 2 fully saturated rings. The van der Waals surface area contributed by atoms with Crippen LogP contribution in [0.3, 0.4) is 0 Å². The van der Waals surface area contributed by atoms with E-state index in [9.17, 15) is 0 Å². The summed E-state index contributed by atoms with van der Waals surface area (Å²) in [6.45, 7) is 11.5. The second-order valence-corrected chi connectivity index (χ2v) is 6.52. The Morgan fingerprint density at radius 1 is 1.28 bits per heavy atom. The fourth-order valence-corrected chi connectivity index (χ4v) is 3.25. The van der Waals surface area contributed by atoms with Crippen LogP contribution in [0.5, 0.6) is 0 Å². The van der Waals surface area contributed by atoms with E-state index >= 15 is 0 Å². The Kier molecular flexibility index (Phi) is 5.05. The van der Waals surface area contributed by atoms with Gasteiger partial charge in [-0.15, -0.1) is 0 Å². The molecule has 2 rings (SSSR count). The van der Waals surface area contributed by atoms with Crippen LogP contribution in [0.1, 0.15) is 52.9 Å². The SMILES string of the molecule is CCCNCC1CCC(CN2CCCC2(C)C)O1. The Labute approximate surface area is 112 Å². The molecule has 2 atom stereocenters. The van der Waals surface area contributed by atoms with Crippen LogP contribution in [0.15, 0.2) is 0 Å². The molecule has 2 aliphatic heterocycles. The summed E-state index contributed by atoms with van der Waals surface area (Å²) >= 11 is 0. The molecule has 18 heavy (non-hydrogen) atoms. The lowest BCUT2D eigenvalue weighted by Crippen LogP contribution is -2.43. The van der Waals surface area contributed by atoms with E-state index in [-0.39, 0.29) is 0 Å². The zero-order valence-electron chi connectivity index (χ0n) is 12.4. The normalized spacial score (nSPS) is 32.2. The highest BCUT2D eigenvalue weighted by molar-refractivity contribution is 4.90. The Morgan fingerprint density at radius 3 is 2.72 bits per heavy atom. The molecule has 106 valence electrons. The molecule has 1 N–H and O–H groups in total. The van der Waals surface area contributed by atoms with Crippen molar-refractivity contribution in [3.05, 3.63) is 0 Å². The largest absolute Gasteiger partial charge is 0.372 e. The van der Waals surface area contributed by atoms with Crippen LogP contribution in [0.4, 0.5) is 0 Å². The highest BCUT2D eigenvalue weighted by atomic mass is 16.5. The molecule has 2 unspecified atom stereocenters. The summed E-state index contributed by atoms with van der Waals surface area (Å²) in [5.74, 6) is 0. The van der Waals surface area contributed by atoms with Crippen molar-refractivity contribution in [2.24, 2.45) is 0 Å². The maximum atomic E-state index is 6.16. The van der Waals surface area contributed by atoms with E-state index in [1.54, 1.807) is 0 Å². The monoisotopic (exact) mass is 254 g/mol. The summed E-state index contributed by atoms with van der Waals surface area (Å²) in [4.78, 5) is 2.62. The summed E-state index contributed by atoms with van der Waals surface area (Å²) in [7, 11) is 0. The average molecular weight is 254 g/mol. The van der Waals surface area contributed by atoms with Gasteiger partial charge < -0.3 is 10.1 Å². The molecule has 0 amide bonds. The second kappa shape index (κ2) is 6.36. The smallest absolute Gasteiger partial charge is 0.0707 e. The van der Waals surface area contributed by atoms with Gasteiger partial charge in [-0.25, -0.2) is 0 Å². The fourth-order valence-electron chi connectivity index (χ4n) is 3.25. The van der Waals surface area contributed by atoms with Crippen LogP contribution in [0, 0.1) is 0 Å². The van der Waals surface area contributed by atoms with Gasteiger partial charge in [0.05, 0.1) is 12.2 Å². The molecular formula is C15H30N2O. The molecule has 0 aromatic heterocycles. The van der Waals surface area contributed by atoms with Gasteiger partial charge in [-0.3, -0.25) is 4.90 Å². The van der Waals surface area contributed by atoms with Crippen LogP contribution in [0.25, 0.3) is 0 Å². The van der Waals surface area contributed by atoms with Crippen molar-refractivity contribution in [2.75, 3.05) is 26.2 Å². The van der Waals surface area contributed by atoms with Crippen molar-refractivity contribution < 1.29 is 4.74 Å². The molecule has 2 aliphatic rings. The molecular weight excluding hydrogens is 224 g/mol. The van der Waals surface area contributed by atoms with Gasteiger partial charge in [0, 0.05) is 18.6 Å². The van der Waals surface area contributed by atoms with Crippen LogP contribution < -0.4 is 5.32 Å². The predicted octanol–water partition coefficient (Wildman–Crippen LogP) is 2.41. The number of nitrogens with one attached hydrogen (secondary N) is 1. The van der Waals surface area contributed by atoms with Crippen LogP contribution in [-0.4, -0.2) is 48.8 Å². The molecule has 0 spiro atoms. The molecule has 0 aromatic rings. The topological polar surface area (TPSA) is 24.5 Å². The standard InChI is InChI=1S/C15H30N2O/c1-4-9-16-11-13-6-7-14(18-13)12-17-10-5-8-15(17,2)3/h13-14,16H,4-12H2,1-3H3.